The third-order valence-electron chi connectivity index (χ3n) is 6.05. The van der Waals surface area contributed by atoms with Gasteiger partial charge in [0, 0.05) is 24.9 Å². The van der Waals surface area contributed by atoms with E-state index in [0.29, 0.717) is 19.4 Å². The first-order chi connectivity index (χ1) is 15.0. The number of nitrogens with zero attached hydrogens (tertiary/aromatic N) is 1. The third-order valence-corrected chi connectivity index (χ3v) is 6.05. The molecule has 0 saturated carbocycles. The molecule has 0 radical (unpaired) electrons. The number of nitrogens with one attached hydrogen (secondary N) is 1. The smallest absolute Gasteiger partial charge is 0.407 e. The maximum Gasteiger partial charge on any atom is 0.407 e. The number of hydrogen-bond donors (Lipinski definition) is 2. The number of fused-ring (bicyclic) bond motifs is 3. The molecule has 1 fully saturated rings. The van der Waals surface area contributed by atoms with Gasteiger partial charge in [-0.05, 0) is 42.0 Å². The van der Waals surface area contributed by atoms with Crippen LogP contribution < -0.4 is 5.32 Å². The Bertz CT molecular complexity index is 959. The summed E-state index contributed by atoms with van der Waals surface area (Å²) >= 11 is 0. The molecule has 2 aliphatic rings. The van der Waals surface area contributed by atoms with Gasteiger partial charge in [-0.25, -0.2) is 9.59 Å². The van der Waals surface area contributed by atoms with Gasteiger partial charge in [-0.1, -0.05) is 48.5 Å². The summed E-state index contributed by atoms with van der Waals surface area (Å²) < 4.78 is 5.51. The molecule has 7 nitrogen and oxygen atoms in total. The number of benzene rings is 2. The molecule has 2 amide bonds. The van der Waals surface area contributed by atoms with Crippen LogP contribution in [0.25, 0.3) is 11.1 Å². The Kier molecular flexibility index (Phi) is 5.93. The first-order valence-electron chi connectivity index (χ1n) is 10.6. The summed E-state index contributed by atoms with van der Waals surface area (Å²) in [5.74, 6) is -1.28. The summed E-state index contributed by atoms with van der Waals surface area (Å²) in [6.07, 6.45) is 0.596. The number of ether oxygens (including phenoxy) is 1. The zero-order chi connectivity index (χ0) is 22.0. The zero-order valence-electron chi connectivity index (χ0n) is 17.4. The number of carbonyl (C=O) groups is 3. The van der Waals surface area contributed by atoms with Crippen LogP contribution in [0.4, 0.5) is 4.79 Å². The van der Waals surface area contributed by atoms with Gasteiger partial charge in [0.1, 0.15) is 12.6 Å². The van der Waals surface area contributed by atoms with E-state index in [1.165, 1.54) is 4.90 Å². The molecular formula is C24H26N2O5. The van der Waals surface area contributed by atoms with Crippen molar-refractivity contribution in [3.8, 4) is 11.1 Å². The van der Waals surface area contributed by atoms with Gasteiger partial charge in [0.25, 0.3) is 0 Å². The molecule has 1 saturated heterocycles. The fourth-order valence-corrected chi connectivity index (χ4v) is 4.59. The van der Waals surface area contributed by atoms with Gasteiger partial charge < -0.3 is 20.1 Å². The van der Waals surface area contributed by atoms with E-state index in [1.807, 2.05) is 24.3 Å². The van der Waals surface area contributed by atoms with E-state index in [-0.39, 0.29) is 24.9 Å². The summed E-state index contributed by atoms with van der Waals surface area (Å²) in [5, 5.41) is 11.9. The predicted octanol–water partition coefficient (Wildman–Crippen LogP) is 3.38. The number of hydrogen-bond acceptors (Lipinski definition) is 4. The van der Waals surface area contributed by atoms with Crippen LogP contribution in [-0.4, -0.2) is 53.2 Å². The summed E-state index contributed by atoms with van der Waals surface area (Å²) in [7, 11) is 0. The second-order valence-electron chi connectivity index (χ2n) is 8.16. The minimum Gasteiger partial charge on any atom is -0.480 e. The van der Waals surface area contributed by atoms with Gasteiger partial charge in [0.15, 0.2) is 0 Å². The van der Waals surface area contributed by atoms with Crippen LogP contribution in [0, 0.1) is 0 Å². The fourth-order valence-electron chi connectivity index (χ4n) is 4.59. The van der Waals surface area contributed by atoms with Crippen molar-refractivity contribution in [1.82, 2.24) is 10.2 Å². The van der Waals surface area contributed by atoms with Gasteiger partial charge in [0.2, 0.25) is 5.91 Å². The number of rotatable bonds is 6. The second-order valence-corrected chi connectivity index (χ2v) is 8.16. The van der Waals surface area contributed by atoms with E-state index in [4.69, 9.17) is 4.74 Å². The van der Waals surface area contributed by atoms with Crippen molar-refractivity contribution >= 4 is 18.0 Å². The highest BCUT2D eigenvalue weighted by Gasteiger charge is 2.34. The molecule has 2 atom stereocenters. The molecule has 0 spiro atoms. The van der Waals surface area contributed by atoms with Crippen LogP contribution >= 0.6 is 0 Å². The first kappa shape index (κ1) is 20.9. The van der Waals surface area contributed by atoms with Crippen molar-refractivity contribution in [2.24, 2.45) is 0 Å². The van der Waals surface area contributed by atoms with E-state index in [2.05, 4.69) is 29.6 Å². The summed E-state index contributed by atoms with van der Waals surface area (Å²) in [4.78, 5) is 37.5. The van der Waals surface area contributed by atoms with Crippen molar-refractivity contribution in [3.05, 3.63) is 59.7 Å². The number of carboxylic acid groups (broad SMARTS) is 1. The van der Waals surface area contributed by atoms with Gasteiger partial charge in [-0.2, -0.15) is 0 Å². The lowest BCUT2D eigenvalue weighted by Gasteiger charge is -2.23. The molecule has 1 aliphatic carbocycles. The topological polar surface area (TPSA) is 95.9 Å². The standard InChI is InChI=1S/C24H26N2O5/c1-15(13-22(27)26-12-6-11-21(26)23(28)29)25-24(30)31-14-20-18-9-4-2-7-16(18)17-8-3-5-10-19(17)20/h2-5,7-10,15,20-21H,6,11-14H2,1H3,(H,25,30)(H,28,29)/t15?,21-/m1/s1. The molecule has 1 heterocycles. The van der Waals surface area contributed by atoms with Crippen LogP contribution in [0.2, 0.25) is 0 Å². The second kappa shape index (κ2) is 8.79. The molecule has 0 bridgehead atoms. The van der Waals surface area contributed by atoms with Crippen LogP contribution in [-0.2, 0) is 14.3 Å². The number of alkyl carbamates (subject to hydrolysis) is 1. The molecule has 0 aromatic heterocycles. The van der Waals surface area contributed by atoms with Crippen LogP contribution in [0.3, 0.4) is 0 Å². The number of carbonyl (C=O) groups excluding carboxylic acids is 2. The van der Waals surface area contributed by atoms with Crippen LogP contribution in [0.1, 0.15) is 43.2 Å². The Hall–Kier alpha value is -3.35. The Morgan fingerprint density at radius 3 is 2.32 bits per heavy atom. The molecule has 1 unspecified atom stereocenters. The van der Waals surface area contributed by atoms with E-state index in [0.717, 1.165) is 22.3 Å². The van der Waals surface area contributed by atoms with E-state index < -0.39 is 24.1 Å². The minimum atomic E-state index is -0.983. The molecule has 4 rings (SSSR count). The maximum atomic E-state index is 12.5. The predicted molar refractivity (Wildman–Crippen MR) is 115 cm³/mol. The highest BCUT2D eigenvalue weighted by Crippen LogP contribution is 2.44. The highest BCUT2D eigenvalue weighted by atomic mass is 16.5. The molecule has 2 N–H and O–H groups in total. The SMILES string of the molecule is CC(CC(=O)N1CCC[C@@H]1C(=O)O)NC(=O)OCC1c2ccccc2-c2ccccc21. The monoisotopic (exact) mass is 422 g/mol. The third kappa shape index (κ3) is 4.26. The Labute approximate surface area is 181 Å². The quantitative estimate of drug-likeness (QED) is 0.744. The van der Waals surface area contributed by atoms with Crippen LogP contribution in [0.15, 0.2) is 48.5 Å². The first-order valence-corrected chi connectivity index (χ1v) is 10.6. The Morgan fingerprint density at radius 1 is 1.10 bits per heavy atom. The highest BCUT2D eigenvalue weighted by molar-refractivity contribution is 5.85. The van der Waals surface area contributed by atoms with Gasteiger partial charge in [0.05, 0.1) is 0 Å². The largest absolute Gasteiger partial charge is 0.480 e. The number of likely N-dealkylation sites (tertiary alicyclic amines) is 1. The molecular weight excluding hydrogens is 396 g/mol. The molecule has 162 valence electrons. The van der Waals surface area contributed by atoms with Gasteiger partial charge >= 0.3 is 12.1 Å². The molecule has 1 aliphatic heterocycles. The Morgan fingerprint density at radius 2 is 1.71 bits per heavy atom. The van der Waals surface area contributed by atoms with Crippen molar-refractivity contribution < 1.29 is 24.2 Å². The minimum absolute atomic E-state index is 0.0315. The average molecular weight is 422 g/mol. The van der Waals surface area contributed by atoms with E-state index in [1.54, 1.807) is 6.92 Å². The average Bonchev–Trinajstić information content (AvgIpc) is 3.36. The van der Waals surface area contributed by atoms with Crippen molar-refractivity contribution in [2.75, 3.05) is 13.2 Å². The number of amides is 2. The van der Waals surface area contributed by atoms with Crippen LogP contribution in [0.5, 0.6) is 0 Å². The van der Waals surface area contributed by atoms with Crippen molar-refractivity contribution in [2.45, 2.75) is 44.2 Å². The van der Waals surface area contributed by atoms with Crippen molar-refractivity contribution in [1.29, 1.82) is 0 Å². The molecule has 31 heavy (non-hydrogen) atoms. The Balaban J connectivity index is 1.32. The molecule has 7 heteroatoms. The van der Waals surface area contributed by atoms with Gasteiger partial charge in [-0.3, -0.25) is 4.79 Å². The summed E-state index contributed by atoms with van der Waals surface area (Å²) in [6.45, 7) is 2.35. The van der Waals surface area contributed by atoms with E-state index in [9.17, 15) is 19.5 Å². The fraction of sp³-hybridized carbons (Fsp3) is 0.375. The lowest BCUT2D eigenvalue weighted by molar-refractivity contribution is -0.148. The number of carboxylic acids is 1. The molecule has 2 aromatic rings. The van der Waals surface area contributed by atoms with Crippen molar-refractivity contribution in [3.63, 3.8) is 0 Å². The maximum absolute atomic E-state index is 12.5. The number of aliphatic carboxylic acids is 1. The normalized spacial score (nSPS) is 18.2. The lowest BCUT2D eigenvalue weighted by Crippen LogP contribution is -2.44. The van der Waals surface area contributed by atoms with Gasteiger partial charge in [-0.15, -0.1) is 0 Å². The molecule has 2 aromatic carbocycles. The van der Waals surface area contributed by atoms with E-state index >= 15 is 0 Å². The zero-order valence-corrected chi connectivity index (χ0v) is 17.4. The summed E-state index contributed by atoms with van der Waals surface area (Å²) in [6, 6.07) is 15.0. The summed E-state index contributed by atoms with van der Waals surface area (Å²) in [5.41, 5.74) is 4.58. The lowest BCUT2D eigenvalue weighted by atomic mass is 9.98.